The van der Waals surface area contributed by atoms with E-state index in [2.05, 4.69) is 5.32 Å². The summed E-state index contributed by atoms with van der Waals surface area (Å²) in [5.41, 5.74) is 1.81. The molecule has 0 saturated carbocycles. The molecule has 1 N–H and O–H groups in total. The Bertz CT molecular complexity index is 993. The molecule has 0 aliphatic heterocycles. The maximum atomic E-state index is 12.6. The molecule has 0 fully saturated rings. The summed E-state index contributed by atoms with van der Waals surface area (Å²) in [6, 6.07) is 12.1. The summed E-state index contributed by atoms with van der Waals surface area (Å²) in [6.45, 7) is 1.77. The van der Waals surface area contributed by atoms with Gasteiger partial charge in [0.25, 0.3) is 11.8 Å². The van der Waals surface area contributed by atoms with Gasteiger partial charge in [-0.05, 0) is 37.3 Å². The van der Waals surface area contributed by atoms with Gasteiger partial charge in [-0.15, -0.1) is 0 Å². The van der Waals surface area contributed by atoms with Crippen molar-refractivity contribution >= 4 is 40.1 Å². The smallest absolute Gasteiger partial charge is 0.291 e. The highest BCUT2D eigenvalue weighted by Crippen LogP contribution is 2.31. The Hall–Kier alpha value is -2.99. The fourth-order valence-corrected chi connectivity index (χ4v) is 2.74. The average Bonchev–Trinajstić information content (AvgIpc) is 2.99. The molecule has 1 aromatic heterocycles. The average molecular weight is 387 g/mol. The SMILES string of the molecule is Cc1c(C(=O)Nc2ccc(OCC(=O)N(C)C)cc2)oc2c(Cl)cccc12. The summed E-state index contributed by atoms with van der Waals surface area (Å²) in [7, 11) is 3.33. The highest BCUT2D eigenvalue weighted by molar-refractivity contribution is 6.35. The van der Waals surface area contributed by atoms with E-state index in [4.69, 9.17) is 20.8 Å². The van der Waals surface area contributed by atoms with Gasteiger partial charge in [-0.2, -0.15) is 0 Å². The van der Waals surface area contributed by atoms with Crippen LogP contribution in [0.1, 0.15) is 16.1 Å². The summed E-state index contributed by atoms with van der Waals surface area (Å²) >= 11 is 6.13. The van der Waals surface area contributed by atoms with Crippen LogP contribution in [0.25, 0.3) is 11.0 Å². The molecule has 0 unspecified atom stereocenters. The number of likely N-dealkylation sites (N-methyl/N-ethyl adjacent to an activating group) is 1. The molecule has 2 amide bonds. The number of nitrogens with one attached hydrogen (secondary N) is 1. The number of hydrogen-bond donors (Lipinski definition) is 1. The zero-order chi connectivity index (χ0) is 19.6. The van der Waals surface area contributed by atoms with Crippen LogP contribution in [0.5, 0.6) is 5.75 Å². The van der Waals surface area contributed by atoms with E-state index in [1.54, 1.807) is 44.4 Å². The minimum absolute atomic E-state index is 0.0440. The predicted molar refractivity (Wildman–Crippen MR) is 105 cm³/mol. The molecular formula is C20H19ClN2O4. The largest absolute Gasteiger partial charge is 0.484 e. The molecule has 0 bridgehead atoms. The molecule has 0 saturated heterocycles. The Balaban J connectivity index is 1.70. The van der Waals surface area contributed by atoms with Crippen LogP contribution >= 0.6 is 11.6 Å². The van der Waals surface area contributed by atoms with Crippen LogP contribution in [0.15, 0.2) is 46.9 Å². The first-order valence-electron chi connectivity index (χ1n) is 8.29. The number of para-hydroxylation sites is 1. The highest BCUT2D eigenvalue weighted by atomic mass is 35.5. The summed E-state index contributed by atoms with van der Waals surface area (Å²) in [5.74, 6) is 0.257. The van der Waals surface area contributed by atoms with Crippen LogP contribution < -0.4 is 10.1 Å². The van der Waals surface area contributed by atoms with Crippen molar-refractivity contribution in [2.24, 2.45) is 0 Å². The number of halogens is 1. The summed E-state index contributed by atoms with van der Waals surface area (Å²) < 4.78 is 11.1. The van der Waals surface area contributed by atoms with Crippen molar-refractivity contribution in [3.8, 4) is 5.75 Å². The third-order valence-electron chi connectivity index (χ3n) is 4.10. The molecule has 0 atom stereocenters. The van der Waals surface area contributed by atoms with Gasteiger partial charge < -0.3 is 19.4 Å². The normalized spacial score (nSPS) is 10.7. The second kappa shape index (κ2) is 7.72. The van der Waals surface area contributed by atoms with Crippen molar-refractivity contribution < 1.29 is 18.7 Å². The Labute approximate surface area is 161 Å². The van der Waals surface area contributed by atoms with Gasteiger partial charge in [-0.1, -0.05) is 23.7 Å². The molecule has 0 aliphatic carbocycles. The van der Waals surface area contributed by atoms with Gasteiger partial charge in [-0.25, -0.2) is 0 Å². The lowest BCUT2D eigenvalue weighted by Gasteiger charge is -2.11. The van der Waals surface area contributed by atoms with Crippen LogP contribution in [0.3, 0.4) is 0 Å². The third-order valence-corrected chi connectivity index (χ3v) is 4.39. The van der Waals surface area contributed by atoms with Crippen LogP contribution in [-0.2, 0) is 4.79 Å². The lowest BCUT2D eigenvalue weighted by molar-refractivity contribution is -0.130. The van der Waals surface area contributed by atoms with E-state index in [1.165, 1.54) is 4.90 Å². The summed E-state index contributed by atoms with van der Waals surface area (Å²) in [6.07, 6.45) is 0. The van der Waals surface area contributed by atoms with Crippen molar-refractivity contribution in [1.29, 1.82) is 0 Å². The Morgan fingerprint density at radius 2 is 1.85 bits per heavy atom. The molecule has 1 heterocycles. The number of carbonyl (C=O) groups is 2. The second-order valence-electron chi connectivity index (χ2n) is 6.23. The number of amides is 2. The monoisotopic (exact) mass is 386 g/mol. The lowest BCUT2D eigenvalue weighted by Crippen LogP contribution is -2.27. The molecule has 0 radical (unpaired) electrons. The maximum absolute atomic E-state index is 12.6. The van der Waals surface area contributed by atoms with Gasteiger partial charge in [0.1, 0.15) is 5.75 Å². The van der Waals surface area contributed by atoms with Crippen molar-refractivity contribution in [2.45, 2.75) is 6.92 Å². The Kier molecular flexibility index (Phi) is 5.37. The minimum Gasteiger partial charge on any atom is -0.484 e. The number of benzene rings is 2. The van der Waals surface area contributed by atoms with E-state index in [0.717, 1.165) is 10.9 Å². The van der Waals surface area contributed by atoms with Crippen molar-refractivity contribution in [1.82, 2.24) is 4.90 Å². The fraction of sp³-hybridized carbons (Fsp3) is 0.200. The highest BCUT2D eigenvalue weighted by Gasteiger charge is 2.19. The number of carbonyl (C=O) groups excluding carboxylic acids is 2. The topological polar surface area (TPSA) is 71.8 Å². The number of anilines is 1. The first-order valence-corrected chi connectivity index (χ1v) is 8.66. The molecule has 7 heteroatoms. The molecule has 3 rings (SSSR count). The number of rotatable bonds is 5. The van der Waals surface area contributed by atoms with Crippen LogP contribution in [0, 0.1) is 6.92 Å². The van der Waals surface area contributed by atoms with Crippen molar-refractivity contribution in [2.75, 3.05) is 26.0 Å². The van der Waals surface area contributed by atoms with Crippen LogP contribution in [0.2, 0.25) is 5.02 Å². The first kappa shape index (κ1) is 18.8. The van der Waals surface area contributed by atoms with Gasteiger partial charge in [-0.3, -0.25) is 9.59 Å². The van der Waals surface area contributed by atoms with Gasteiger partial charge in [0.05, 0.1) is 5.02 Å². The number of fused-ring (bicyclic) bond motifs is 1. The van der Waals surface area contributed by atoms with Gasteiger partial charge in [0.15, 0.2) is 18.0 Å². The van der Waals surface area contributed by atoms with E-state index >= 15 is 0 Å². The lowest BCUT2D eigenvalue weighted by atomic mass is 10.1. The standard InChI is InChI=1S/C20H19ClN2O4/c1-12-15-5-4-6-16(21)19(15)27-18(12)20(25)22-13-7-9-14(10-8-13)26-11-17(24)23(2)3/h4-10H,11H2,1-3H3,(H,22,25). The Morgan fingerprint density at radius 3 is 2.48 bits per heavy atom. The minimum atomic E-state index is -0.365. The summed E-state index contributed by atoms with van der Waals surface area (Å²) in [5, 5.41) is 4.05. The zero-order valence-electron chi connectivity index (χ0n) is 15.2. The number of hydrogen-bond acceptors (Lipinski definition) is 4. The number of ether oxygens (including phenoxy) is 1. The molecule has 0 spiro atoms. The Morgan fingerprint density at radius 1 is 1.15 bits per heavy atom. The number of furan rings is 1. The molecule has 6 nitrogen and oxygen atoms in total. The molecular weight excluding hydrogens is 368 g/mol. The van der Waals surface area contributed by atoms with Gasteiger partial charge in [0.2, 0.25) is 0 Å². The van der Waals surface area contributed by atoms with Crippen molar-refractivity contribution in [3.05, 3.63) is 58.8 Å². The predicted octanol–water partition coefficient (Wildman–Crippen LogP) is 4.11. The second-order valence-corrected chi connectivity index (χ2v) is 6.64. The van der Waals surface area contributed by atoms with E-state index in [-0.39, 0.29) is 24.2 Å². The third kappa shape index (κ3) is 4.06. The van der Waals surface area contributed by atoms with Crippen molar-refractivity contribution in [3.63, 3.8) is 0 Å². The number of aryl methyl sites for hydroxylation is 1. The maximum Gasteiger partial charge on any atom is 0.291 e. The molecule has 2 aromatic carbocycles. The zero-order valence-corrected chi connectivity index (χ0v) is 16.0. The van der Waals surface area contributed by atoms with Crippen LogP contribution in [-0.4, -0.2) is 37.4 Å². The quantitative estimate of drug-likeness (QED) is 0.716. The molecule has 0 aliphatic rings. The molecule has 27 heavy (non-hydrogen) atoms. The van der Waals surface area contributed by atoms with Crippen LogP contribution in [0.4, 0.5) is 5.69 Å². The van der Waals surface area contributed by atoms with Gasteiger partial charge in [0, 0.05) is 30.7 Å². The first-order chi connectivity index (χ1) is 12.9. The summed E-state index contributed by atoms with van der Waals surface area (Å²) in [4.78, 5) is 25.6. The van der Waals surface area contributed by atoms with E-state index < -0.39 is 0 Å². The van der Waals surface area contributed by atoms with Gasteiger partial charge >= 0.3 is 0 Å². The fourth-order valence-electron chi connectivity index (χ4n) is 2.52. The molecule has 140 valence electrons. The van der Waals surface area contributed by atoms with E-state index in [9.17, 15) is 9.59 Å². The number of nitrogens with zero attached hydrogens (tertiary/aromatic N) is 1. The van der Waals surface area contributed by atoms with E-state index in [0.29, 0.717) is 22.0 Å². The van der Waals surface area contributed by atoms with E-state index in [1.807, 2.05) is 19.1 Å². The molecule has 3 aromatic rings.